The molecule has 0 aromatic heterocycles. The van der Waals surface area contributed by atoms with Gasteiger partial charge in [-0.3, -0.25) is 4.90 Å². The lowest BCUT2D eigenvalue weighted by atomic mass is 9.76. The Hall–Kier alpha value is -0.290. The topological polar surface area (TPSA) is 29.3 Å². The molecule has 0 radical (unpaired) electrons. The molecule has 0 heterocycles. The summed E-state index contributed by atoms with van der Waals surface area (Å²) in [6.45, 7) is 5.45. The molecule has 1 fully saturated rings. The number of hydrogen-bond acceptors (Lipinski definition) is 2. The first-order chi connectivity index (χ1) is 9.23. The van der Waals surface area contributed by atoms with Gasteiger partial charge in [0.1, 0.15) is 0 Å². The summed E-state index contributed by atoms with van der Waals surface area (Å²) in [4.78, 5) is 1.53. The van der Waals surface area contributed by atoms with Crippen LogP contribution < -0.4 is 5.73 Å². The van der Waals surface area contributed by atoms with E-state index >= 15 is 0 Å². The Bertz CT molecular complexity index is 279. The summed E-state index contributed by atoms with van der Waals surface area (Å²) < 4.78 is 37.9. The second kappa shape index (κ2) is 7.64. The lowest BCUT2D eigenvalue weighted by Crippen LogP contribution is -2.47. The van der Waals surface area contributed by atoms with Crippen LogP contribution >= 0.6 is 0 Å². The summed E-state index contributed by atoms with van der Waals surface area (Å²) in [6, 6.07) is -0.0482. The highest BCUT2D eigenvalue weighted by atomic mass is 19.4. The summed E-state index contributed by atoms with van der Waals surface area (Å²) in [6.07, 6.45) is 1.24. The molecule has 3 unspecified atom stereocenters. The molecule has 0 aromatic carbocycles. The molecular formula is C15H29F3N2. The van der Waals surface area contributed by atoms with Crippen LogP contribution in [0.5, 0.6) is 0 Å². The molecule has 0 aliphatic heterocycles. The molecule has 2 nitrogen and oxygen atoms in total. The zero-order valence-electron chi connectivity index (χ0n) is 12.9. The van der Waals surface area contributed by atoms with Gasteiger partial charge in [-0.1, -0.05) is 19.8 Å². The molecular weight excluding hydrogens is 265 g/mol. The first-order valence-corrected chi connectivity index (χ1v) is 7.79. The van der Waals surface area contributed by atoms with Crippen LogP contribution in [-0.2, 0) is 0 Å². The fourth-order valence-electron chi connectivity index (χ4n) is 3.25. The number of alkyl halides is 3. The molecule has 1 aliphatic rings. The number of halogens is 3. The Morgan fingerprint density at radius 3 is 2.40 bits per heavy atom. The van der Waals surface area contributed by atoms with E-state index in [1.165, 1.54) is 11.3 Å². The van der Waals surface area contributed by atoms with Gasteiger partial charge < -0.3 is 5.73 Å². The van der Waals surface area contributed by atoms with Gasteiger partial charge in [-0.05, 0) is 44.9 Å². The molecule has 0 saturated heterocycles. The summed E-state index contributed by atoms with van der Waals surface area (Å²) in [7, 11) is 0. The summed E-state index contributed by atoms with van der Waals surface area (Å²) in [5, 5.41) is 0. The van der Waals surface area contributed by atoms with Crippen LogP contribution in [0.2, 0.25) is 0 Å². The van der Waals surface area contributed by atoms with Crippen molar-refractivity contribution in [2.45, 2.75) is 71.1 Å². The van der Waals surface area contributed by atoms with Crippen LogP contribution in [0.25, 0.3) is 0 Å². The highest BCUT2D eigenvalue weighted by Gasteiger charge is 2.35. The first kappa shape index (κ1) is 17.8. The van der Waals surface area contributed by atoms with Crippen LogP contribution in [0.1, 0.15) is 52.9 Å². The van der Waals surface area contributed by atoms with E-state index in [1.54, 1.807) is 0 Å². The number of hydrogen-bond donors (Lipinski definition) is 1. The molecule has 120 valence electrons. The van der Waals surface area contributed by atoms with Gasteiger partial charge in [0.25, 0.3) is 0 Å². The maximum atomic E-state index is 12.6. The van der Waals surface area contributed by atoms with Gasteiger partial charge in [0.2, 0.25) is 0 Å². The van der Waals surface area contributed by atoms with E-state index in [-0.39, 0.29) is 18.0 Å². The Morgan fingerprint density at radius 2 is 1.90 bits per heavy atom. The minimum atomic E-state index is -4.13. The average molecular weight is 294 g/mol. The third-order valence-corrected chi connectivity index (χ3v) is 4.43. The molecule has 0 aromatic rings. The van der Waals surface area contributed by atoms with E-state index in [2.05, 4.69) is 6.92 Å². The molecule has 0 amide bonds. The van der Waals surface area contributed by atoms with Gasteiger partial charge >= 0.3 is 6.18 Å². The van der Waals surface area contributed by atoms with Gasteiger partial charge in [-0.15, -0.1) is 0 Å². The van der Waals surface area contributed by atoms with Crippen molar-refractivity contribution < 1.29 is 13.2 Å². The Kier molecular flexibility index (Phi) is 6.79. The predicted octanol–water partition coefficient (Wildman–Crippen LogP) is 3.80. The largest absolute Gasteiger partial charge is 0.401 e. The van der Waals surface area contributed by atoms with Crippen LogP contribution in [0, 0.1) is 11.8 Å². The maximum Gasteiger partial charge on any atom is 0.401 e. The molecule has 2 N–H and O–H groups in total. The van der Waals surface area contributed by atoms with E-state index in [0.29, 0.717) is 12.5 Å². The molecule has 3 atom stereocenters. The van der Waals surface area contributed by atoms with E-state index in [1.807, 2.05) is 13.8 Å². The van der Waals surface area contributed by atoms with Crippen molar-refractivity contribution in [2.75, 3.05) is 13.1 Å². The van der Waals surface area contributed by atoms with Gasteiger partial charge in [0.05, 0.1) is 6.54 Å². The van der Waals surface area contributed by atoms with Crippen LogP contribution in [0.3, 0.4) is 0 Å². The predicted molar refractivity (Wildman–Crippen MR) is 76.5 cm³/mol. The molecule has 0 spiro atoms. The lowest BCUT2D eigenvalue weighted by Gasteiger charge is -2.38. The number of rotatable bonds is 6. The maximum absolute atomic E-state index is 12.6. The normalized spacial score (nSPS) is 28.4. The average Bonchev–Trinajstić information content (AvgIpc) is 2.31. The third kappa shape index (κ3) is 6.00. The van der Waals surface area contributed by atoms with Crippen molar-refractivity contribution in [2.24, 2.45) is 17.6 Å². The summed E-state index contributed by atoms with van der Waals surface area (Å²) in [5.74, 6) is 0.842. The quantitative estimate of drug-likeness (QED) is 0.807. The standard InChI is InChI=1S/C15H29F3N2/c1-4-5-12-6-7-14(19)13(8-12)9-20(11(2)3)10-15(16,17)18/h11-14H,4-10,19H2,1-3H3. The minimum absolute atomic E-state index is 0.0533. The van der Waals surface area contributed by atoms with Gasteiger partial charge in [-0.25, -0.2) is 0 Å². The van der Waals surface area contributed by atoms with E-state index in [0.717, 1.165) is 25.7 Å². The van der Waals surface area contributed by atoms with Crippen molar-refractivity contribution in [1.29, 1.82) is 0 Å². The number of nitrogens with zero attached hydrogens (tertiary/aromatic N) is 1. The van der Waals surface area contributed by atoms with Crippen molar-refractivity contribution in [3.8, 4) is 0 Å². The van der Waals surface area contributed by atoms with E-state index < -0.39 is 12.7 Å². The Balaban J connectivity index is 2.61. The second-order valence-electron chi connectivity index (χ2n) is 6.53. The monoisotopic (exact) mass is 294 g/mol. The smallest absolute Gasteiger partial charge is 0.327 e. The van der Waals surface area contributed by atoms with Gasteiger partial charge in [0.15, 0.2) is 0 Å². The lowest BCUT2D eigenvalue weighted by molar-refractivity contribution is -0.151. The second-order valence-corrected chi connectivity index (χ2v) is 6.53. The van der Waals surface area contributed by atoms with Crippen molar-refractivity contribution >= 4 is 0 Å². The molecule has 5 heteroatoms. The summed E-state index contributed by atoms with van der Waals surface area (Å²) >= 11 is 0. The van der Waals surface area contributed by atoms with E-state index in [4.69, 9.17) is 5.73 Å². The fraction of sp³-hybridized carbons (Fsp3) is 1.00. The molecule has 1 saturated carbocycles. The van der Waals surface area contributed by atoms with Crippen molar-refractivity contribution in [3.63, 3.8) is 0 Å². The zero-order valence-corrected chi connectivity index (χ0v) is 12.9. The first-order valence-electron chi connectivity index (χ1n) is 7.79. The van der Waals surface area contributed by atoms with Crippen LogP contribution in [0.4, 0.5) is 13.2 Å². The van der Waals surface area contributed by atoms with Crippen molar-refractivity contribution in [1.82, 2.24) is 4.90 Å². The van der Waals surface area contributed by atoms with E-state index in [9.17, 15) is 13.2 Å². The minimum Gasteiger partial charge on any atom is -0.327 e. The molecule has 0 bridgehead atoms. The Morgan fingerprint density at radius 1 is 1.25 bits per heavy atom. The highest BCUT2D eigenvalue weighted by molar-refractivity contribution is 4.85. The summed E-state index contributed by atoms with van der Waals surface area (Å²) in [5.41, 5.74) is 6.14. The molecule has 20 heavy (non-hydrogen) atoms. The van der Waals surface area contributed by atoms with Gasteiger partial charge in [-0.2, -0.15) is 13.2 Å². The van der Waals surface area contributed by atoms with Crippen LogP contribution in [-0.4, -0.2) is 36.2 Å². The highest BCUT2D eigenvalue weighted by Crippen LogP contribution is 2.32. The van der Waals surface area contributed by atoms with Crippen molar-refractivity contribution in [3.05, 3.63) is 0 Å². The molecule has 1 aliphatic carbocycles. The molecule has 1 rings (SSSR count). The Labute approximate surface area is 120 Å². The number of nitrogens with two attached hydrogens (primary N) is 1. The SMILES string of the molecule is CCCC1CCC(N)C(CN(CC(F)(F)F)C(C)C)C1. The third-order valence-electron chi connectivity index (χ3n) is 4.43. The fourth-order valence-corrected chi connectivity index (χ4v) is 3.25. The van der Waals surface area contributed by atoms with Crippen LogP contribution in [0.15, 0.2) is 0 Å². The zero-order chi connectivity index (χ0) is 15.3. The van der Waals surface area contributed by atoms with Gasteiger partial charge in [0, 0.05) is 18.6 Å².